The second-order valence-corrected chi connectivity index (χ2v) is 6.21. The lowest BCUT2D eigenvalue weighted by atomic mass is 10.2. The fourth-order valence-corrected chi connectivity index (χ4v) is 2.84. The molecular formula is C17H25N3O4. The van der Waals surface area contributed by atoms with Crippen LogP contribution in [0.25, 0.3) is 6.08 Å². The fourth-order valence-electron chi connectivity index (χ4n) is 2.84. The molecule has 24 heavy (non-hydrogen) atoms. The zero-order valence-corrected chi connectivity index (χ0v) is 14.9. The third-order valence-corrected chi connectivity index (χ3v) is 4.06. The van der Waals surface area contributed by atoms with Gasteiger partial charge in [0.2, 0.25) is 0 Å². The summed E-state index contributed by atoms with van der Waals surface area (Å²) in [5.41, 5.74) is 2.69. The van der Waals surface area contributed by atoms with Crippen LogP contribution in [-0.2, 0) is 26.1 Å². The van der Waals surface area contributed by atoms with Crippen molar-refractivity contribution in [2.75, 3.05) is 19.7 Å². The molecule has 132 valence electrons. The second kappa shape index (κ2) is 7.61. The minimum Gasteiger partial charge on any atom is -0.452 e. The maximum atomic E-state index is 12.1. The lowest BCUT2D eigenvalue weighted by Gasteiger charge is -2.35. The van der Waals surface area contributed by atoms with Crippen molar-refractivity contribution in [3.05, 3.63) is 23.0 Å². The van der Waals surface area contributed by atoms with Gasteiger partial charge in [-0.1, -0.05) is 0 Å². The van der Waals surface area contributed by atoms with Crippen molar-refractivity contribution in [1.82, 2.24) is 14.7 Å². The summed E-state index contributed by atoms with van der Waals surface area (Å²) in [4.78, 5) is 25.6. The lowest BCUT2D eigenvalue weighted by Crippen LogP contribution is -2.49. The third-order valence-electron chi connectivity index (χ3n) is 4.06. The molecule has 1 amide bonds. The van der Waals surface area contributed by atoms with Crippen molar-refractivity contribution in [3.63, 3.8) is 0 Å². The number of carbonyl (C=O) groups is 2. The molecule has 7 heteroatoms. The molecule has 0 unspecified atom stereocenters. The summed E-state index contributed by atoms with van der Waals surface area (Å²) in [6.07, 6.45) is 2.98. The van der Waals surface area contributed by atoms with E-state index in [1.165, 1.54) is 6.08 Å². The molecule has 1 aromatic heterocycles. The van der Waals surface area contributed by atoms with E-state index in [9.17, 15) is 9.59 Å². The smallest absolute Gasteiger partial charge is 0.331 e. The monoisotopic (exact) mass is 335 g/mol. The Morgan fingerprint density at radius 1 is 1.29 bits per heavy atom. The van der Waals surface area contributed by atoms with Gasteiger partial charge in [-0.25, -0.2) is 4.79 Å². The Morgan fingerprint density at radius 3 is 2.46 bits per heavy atom. The first kappa shape index (κ1) is 18.2. The van der Waals surface area contributed by atoms with Crippen LogP contribution in [-0.4, -0.2) is 58.5 Å². The van der Waals surface area contributed by atoms with Gasteiger partial charge in [0.25, 0.3) is 5.91 Å². The number of rotatable bonds is 4. The highest BCUT2D eigenvalue weighted by molar-refractivity contribution is 5.89. The number of ether oxygens (including phenoxy) is 2. The van der Waals surface area contributed by atoms with Crippen LogP contribution in [0.3, 0.4) is 0 Å². The van der Waals surface area contributed by atoms with Crippen LogP contribution in [0.4, 0.5) is 0 Å². The van der Waals surface area contributed by atoms with Gasteiger partial charge in [0.05, 0.1) is 17.9 Å². The highest BCUT2D eigenvalue weighted by atomic mass is 16.5. The maximum Gasteiger partial charge on any atom is 0.331 e. The molecule has 0 spiro atoms. The number of aryl methyl sites for hydroxylation is 2. The predicted molar refractivity (Wildman–Crippen MR) is 89.3 cm³/mol. The van der Waals surface area contributed by atoms with Gasteiger partial charge in [0, 0.05) is 37.5 Å². The molecule has 0 aromatic carbocycles. The number of amides is 1. The number of hydrogen-bond donors (Lipinski definition) is 0. The van der Waals surface area contributed by atoms with Gasteiger partial charge < -0.3 is 14.4 Å². The Bertz CT molecular complexity index is 641. The molecule has 0 aliphatic carbocycles. The number of aromatic nitrogens is 2. The van der Waals surface area contributed by atoms with Gasteiger partial charge in [-0.05, 0) is 33.8 Å². The fraction of sp³-hybridized carbons (Fsp3) is 0.588. The van der Waals surface area contributed by atoms with Crippen LogP contribution >= 0.6 is 0 Å². The first-order valence-electron chi connectivity index (χ1n) is 8.06. The third kappa shape index (κ3) is 4.44. The molecule has 7 nitrogen and oxygen atoms in total. The zero-order chi connectivity index (χ0) is 17.9. The zero-order valence-electron chi connectivity index (χ0n) is 14.9. The van der Waals surface area contributed by atoms with E-state index in [-0.39, 0.29) is 24.7 Å². The van der Waals surface area contributed by atoms with Crippen LogP contribution in [0.1, 0.15) is 30.8 Å². The van der Waals surface area contributed by atoms with Crippen molar-refractivity contribution >= 4 is 18.0 Å². The molecule has 2 rings (SSSR count). The molecule has 0 saturated carbocycles. The van der Waals surface area contributed by atoms with E-state index < -0.39 is 5.97 Å². The molecule has 1 aliphatic heterocycles. The Balaban J connectivity index is 1.86. The number of nitrogens with zero attached hydrogens (tertiary/aromatic N) is 3. The van der Waals surface area contributed by atoms with Crippen molar-refractivity contribution in [1.29, 1.82) is 0 Å². The van der Waals surface area contributed by atoms with Gasteiger partial charge in [-0.2, -0.15) is 5.10 Å². The maximum absolute atomic E-state index is 12.1. The summed E-state index contributed by atoms with van der Waals surface area (Å²) in [6.45, 7) is 8.42. The number of hydrogen-bond acceptors (Lipinski definition) is 5. The van der Waals surface area contributed by atoms with E-state index in [1.54, 1.807) is 15.7 Å². The SMILES string of the molecule is Cc1nn(C)c(C)c1/C=C/C(=O)OCC(=O)N1C[C@@H](C)O[C@H](C)C1. The summed E-state index contributed by atoms with van der Waals surface area (Å²) in [5, 5.41) is 4.28. The summed E-state index contributed by atoms with van der Waals surface area (Å²) in [6, 6.07) is 0. The molecule has 1 aromatic rings. The normalized spacial score (nSPS) is 21.3. The first-order valence-corrected chi connectivity index (χ1v) is 8.06. The van der Waals surface area contributed by atoms with E-state index in [0.717, 1.165) is 17.0 Å². The van der Waals surface area contributed by atoms with Gasteiger partial charge >= 0.3 is 5.97 Å². The van der Waals surface area contributed by atoms with E-state index in [0.29, 0.717) is 13.1 Å². The van der Waals surface area contributed by atoms with Gasteiger partial charge in [0.15, 0.2) is 6.61 Å². The Morgan fingerprint density at radius 2 is 1.92 bits per heavy atom. The van der Waals surface area contributed by atoms with Crippen LogP contribution in [0.2, 0.25) is 0 Å². The van der Waals surface area contributed by atoms with Crippen molar-refractivity contribution in [2.24, 2.45) is 7.05 Å². The number of morpholine rings is 1. The minimum absolute atomic E-state index is 0.00942. The average Bonchev–Trinajstić information content (AvgIpc) is 2.74. The summed E-state index contributed by atoms with van der Waals surface area (Å²) in [7, 11) is 1.85. The molecule has 1 saturated heterocycles. The molecule has 0 N–H and O–H groups in total. The Hall–Kier alpha value is -2.15. The first-order chi connectivity index (χ1) is 11.3. The molecule has 1 fully saturated rings. The second-order valence-electron chi connectivity index (χ2n) is 6.21. The van der Waals surface area contributed by atoms with Gasteiger partial charge in [-0.3, -0.25) is 9.48 Å². The van der Waals surface area contributed by atoms with Gasteiger partial charge in [-0.15, -0.1) is 0 Å². The number of carbonyl (C=O) groups excluding carboxylic acids is 2. The van der Waals surface area contributed by atoms with Crippen LogP contribution < -0.4 is 0 Å². The minimum atomic E-state index is -0.541. The topological polar surface area (TPSA) is 73.7 Å². The van der Waals surface area contributed by atoms with Gasteiger partial charge in [0.1, 0.15) is 0 Å². The Labute approximate surface area is 142 Å². The van der Waals surface area contributed by atoms with E-state index in [4.69, 9.17) is 9.47 Å². The van der Waals surface area contributed by atoms with Crippen molar-refractivity contribution < 1.29 is 19.1 Å². The largest absolute Gasteiger partial charge is 0.452 e. The summed E-state index contributed by atoms with van der Waals surface area (Å²) >= 11 is 0. The quantitative estimate of drug-likeness (QED) is 0.611. The van der Waals surface area contributed by atoms with E-state index in [1.807, 2.05) is 34.7 Å². The van der Waals surface area contributed by atoms with E-state index in [2.05, 4.69) is 5.10 Å². The van der Waals surface area contributed by atoms with Crippen LogP contribution in [0.5, 0.6) is 0 Å². The standard InChI is InChI=1S/C17H25N3O4/c1-11-8-20(9-12(2)24-11)16(21)10-23-17(22)7-6-15-13(3)18-19(5)14(15)4/h6-7,11-12H,8-10H2,1-5H3/b7-6+/t11-,12-/m1/s1. The van der Waals surface area contributed by atoms with Crippen molar-refractivity contribution in [2.45, 2.75) is 39.9 Å². The summed E-state index contributed by atoms with van der Waals surface area (Å²) in [5.74, 6) is -0.743. The van der Waals surface area contributed by atoms with Crippen LogP contribution in [0.15, 0.2) is 6.08 Å². The molecule has 1 aliphatic rings. The average molecular weight is 335 g/mol. The highest BCUT2D eigenvalue weighted by Gasteiger charge is 2.26. The highest BCUT2D eigenvalue weighted by Crippen LogP contribution is 2.14. The molecule has 2 heterocycles. The molecule has 0 radical (unpaired) electrons. The molecule has 2 atom stereocenters. The van der Waals surface area contributed by atoms with Crippen molar-refractivity contribution in [3.8, 4) is 0 Å². The Kier molecular flexibility index (Phi) is 5.77. The predicted octanol–water partition coefficient (Wildman–Crippen LogP) is 1.23. The molecule has 0 bridgehead atoms. The summed E-state index contributed by atoms with van der Waals surface area (Å²) < 4.78 is 12.4. The van der Waals surface area contributed by atoms with Crippen LogP contribution in [0, 0.1) is 13.8 Å². The van der Waals surface area contributed by atoms with E-state index >= 15 is 0 Å². The lowest BCUT2D eigenvalue weighted by molar-refractivity contribution is -0.154. The number of esters is 1. The molecular weight excluding hydrogens is 310 g/mol.